The van der Waals surface area contributed by atoms with Crippen LogP contribution in [0.5, 0.6) is 5.75 Å². The summed E-state index contributed by atoms with van der Waals surface area (Å²) in [6.07, 6.45) is -0.269. The number of fused-ring (bicyclic) bond motifs is 1. The Labute approximate surface area is 178 Å². The maximum atomic E-state index is 12.6. The average Bonchev–Trinajstić information content (AvgIpc) is 3.19. The van der Waals surface area contributed by atoms with Crippen LogP contribution in [0.4, 0.5) is 4.79 Å². The molecule has 0 radical (unpaired) electrons. The van der Waals surface area contributed by atoms with Crippen molar-refractivity contribution >= 4 is 27.6 Å². The fraction of sp³-hybridized carbons (Fsp3) is 0.381. The molecule has 30 heavy (non-hydrogen) atoms. The van der Waals surface area contributed by atoms with Gasteiger partial charge in [-0.05, 0) is 42.8 Å². The van der Waals surface area contributed by atoms with E-state index >= 15 is 0 Å². The number of H-pyrrole nitrogens is 1. The Morgan fingerprint density at radius 2 is 1.93 bits per heavy atom. The fourth-order valence-electron chi connectivity index (χ4n) is 3.48. The van der Waals surface area contributed by atoms with Crippen LogP contribution in [-0.2, 0) is 11.3 Å². The number of rotatable bonds is 5. The molecule has 0 atom stereocenters. The number of carbonyl (C=O) groups excluding carboxylic acids is 1. The predicted molar refractivity (Wildman–Crippen MR) is 116 cm³/mol. The third-order valence-corrected chi connectivity index (χ3v) is 6.25. The summed E-state index contributed by atoms with van der Waals surface area (Å²) in [5.41, 5.74) is 1.61. The molecule has 1 aliphatic rings. The minimum atomic E-state index is -0.269. The summed E-state index contributed by atoms with van der Waals surface area (Å²) in [7, 11) is 1.64. The van der Waals surface area contributed by atoms with Crippen molar-refractivity contribution in [2.45, 2.75) is 13.5 Å². The minimum Gasteiger partial charge on any atom is -0.497 e. The molecule has 1 saturated heterocycles. The topological polar surface area (TPSA) is 87.8 Å². The zero-order chi connectivity index (χ0) is 21.1. The second-order valence-corrected chi connectivity index (χ2v) is 8.08. The fourth-order valence-corrected chi connectivity index (χ4v) is 4.47. The standard InChI is InChI=1S/C21H24N4O4S/c1-3-29-21(27)25-10-8-24(9-11-25)13-18-22-16-12-17(30-19(16)20(26)23-18)14-4-6-15(28-2)7-5-14/h4-7,12H,3,8-11,13H2,1-2H3,(H,22,23,26). The number of methoxy groups -OCH3 is 1. The number of aromatic amines is 1. The van der Waals surface area contributed by atoms with Gasteiger partial charge in [-0.3, -0.25) is 9.69 Å². The Balaban J connectivity index is 1.48. The lowest BCUT2D eigenvalue weighted by Gasteiger charge is -2.33. The molecule has 0 bridgehead atoms. The summed E-state index contributed by atoms with van der Waals surface area (Å²) in [5.74, 6) is 1.43. The van der Waals surface area contributed by atoms with Crippen LogP contribution >= 0.6 is 11.3 Å². The molecule has 1 N–H and O–H groups in total. The van der Waals surface area contributed by atoms with E-state index in [1.54, 1.807) is 18.9 Å². The maximum absolute atomic E-state index is 12.6. The largest absolute Gasteiger partial charge is 0.497 e. The normalized spacial score (nSPS) is 14.8. The van der Waals surface area contributed by atoms with E-state index in [0.29, 0.717) is 55.4 Å². The van der Waals surface area contributed by atoms with Crippen LogP contribution in [0.15, 0.2) is 35.1 Å². The lowest BCUT2D eigenvalue weighted by atomic mass is 10.2. The molecule has 4 rings (SSSR count). The second-order valence-electron chi connectivity index (χ2n) is 7.03. The molecule has 3 heterocycles. The van der Waals surface area contributed by atoms with Crippen molar-refractivity contribution in [2.24, 2.45) is 0 Å². The van der Waals surface area contributed by atoms with Crippen molar-refractivity contribution in [3.05, 3.63) is 46.5 Å². The Hall–Kier alpha value is -2.91. The van der Waals surface area contributed by atoms with Crippen LogP contribution in [0.3, 0.4) is 0 Å². The first-order chi connectivity index (χ1) is 14.6. The van der Waals surface area contributed by atoms with Gasteiger partial charge in [0.15, 0.2) is 0 Å². The smallest absolute Gasteiger partial charge is 0.409 e. The van der Waals surface area contributed by atoms with Crippen LogP contribution < -0.4 is 10.3 Å². The first-order valence-corrected chi connectivity index (χ1v) is 10.7. The lowest BCUT2D eigenvalue weighted by Crippen LogP contribution is -2.48. The minimum absolute atomic E-state index is 0.120. The molecule has 158 valence electrons. The molecule has 0 saturated carbocycles. The van der Waals surface area contributed by atoms with E-state index in [0.717, 1.165) is 16.2 Å². The Morgan fingerprint density at radius 3 is 2.60 bits per heavy atom. The molecule has 3 aromatic rings. The van der Waals surface area contributed by atoms with Gasteiger partial charge in [0.25, 0.3) is 5.56 Å². The quantitative estimate of drug-likeness (QED) is 0.672. The molecule has 1 aromatic carbocycles. The van der Waals surface area contributed by atoms with Gasteiger partial charge in [-0.1, -0.05) is 0 Å². The zero-order valence-corrected chi connectivity index (χ0v) is 17.8. The highest BCUT2D eigenvalue weighted by Crippen LogP contribution is 2.31. The van der Waals surface area contributed by atoms with Gasteiger partial charge in [0, 0.05) is 31.1 Å². The Kier molecular flexibility index (Phi) is 6.01. The highest BCUT2D eigenvalue weighted by molar-refractivity contribution is 7.22. The summed E-state index contributed by atoms with van der Waals surface area (Å²) >= 11 is 1.43. The van der Waals surface area contributed by atoms with Gasteiger partial charge >= 0.3 is 6.09 Å². The highest BCUT2D eigenvalue weighted by atomic mass is 32.1. The van der Waals surface area contributed by atoms with E-state index < -0.39 is 0 Å². The van der Waals surface area contributed by atoms with E-state index in [4.69, 9.17) is 9.47 Å². The number of amides is 1. The number of aromatic nitrogens is 2. The monoisotopic (exact) mass is 428 g/mol. The van der Waals surface area contributed by atoms with Gasteiger partial charge < -0.3 is 19.4 Å². The average molecular weight is 429 g/mol. The number of carbonyl (C=O) groups is 1. The number of ether oxygens (including phenoxy) is 2. The van der Waals surface area contributed by atoms with Crippen LogP contribution in [0.1, 0.15) is 12.7 Å². The van der Waals surface area contributed by atoms with Gasteiger partial charge in [0.05, 0.1) is 25.8 Å². The van der Waals surface area contributed by atoms with Crippen molar-refractivity contribution in [3.8, 4) is 16.2 Å². The molecule has 2 aromatic heterocycles. The molecule has 0 aliphatic carbocycles. The first-order valence-electron chi connectivity index (χ1n) is 9.88. The number of nitrogens with one attached hydrogen (secondary N) is 1. The molecule has 1 fully saturated rings. The van der Waals surface area contributed by atoms with Crippen LogP contribution in [0, 0.1) is 0 Å². The molecule has 8 nitrogen and oxygen atoms in total. The third-order valence-electron chi connectivity index (χ3n) is 5.08. The zero-order valence-electron chi connectivity index (χ0n) is 17.0. The molecule has 0 spiro atoms. The second kappa shape index (κ2) is 8.85. The van der Waals surface area contributed by atoms with Crippen molar-refractivity contribution in [1.29, 1.82) is 0 Å². The summed E-state index contributed by atoms with van der Waals surface area (Å²) < 4.78 is 10.9. The summed E-state index contributed by atoms with van der Waals surface area (Å²) in [6.45, 7) is 5.34. The van der Waals surface area contributed by atoms with Gasteiger partial charge in [0.1, 0.15) is 16.3 Å². The van der Waals surface area contributed by atoms with Gasteiger partial charge in [-0.2, -0.15) is 0 Å². The van der Waals surface area contributed by atoms with Gasteiger partial charge in [0.2, 0.25) is 0 Å². The number of nitrogens with zero attached hydrogens (tertiary/aromatic N) is 3. The van der Waals surface area contributed by atoms with E-state index in [-0.39, 0.29) is 11.7 Å². The van der Waals surface area contributed by atoms with Gasteiger partial charge in [-0.25, -0.2) is 9.78 Å². The molecule has 1 amide bonds. The van der Waals surface area contributed by atoms with E-state index in [1.807, 2.05) is 30.3 Å². The van der Waals surface area contributed by atoms with Crippen LogP contribution in [-0.4, -0.2) is 65.8 Å². The van der Waals surface area contributed by atoms with Crippen LogP contribution in [0.25, 0.3) is 20.7 Å². The molecular formula is C21H24N4O4S. The Bertz CT molecular complexity index is 1080. The lowest BCUT2D eigenvalue weighted by molar-refractivity contribution is 0.0772. The maximum Gasteiger partial charge on any atom is 0.409 e. The third kappa shape index (κ3) is 4.31. The Morgan fingerprint density at radius 1 is 1.20 bits per heavy atom. The number of thiophene rings is 1. The number of hydrogen-bond donors (Lipinski definition) is 1. The van der Waals surface area contributed by atoms with Crippen molar-refractivity contribution in [2.75, 3.05) is 39.9 Å². The summed E-state index contributed by atoms with van der Waals surface area (Å²) in [6, 6.07) is 9.71. The summed E-state index contributed by atoms with van der Waals surface area (Å²) in [4.78, 5) is 36.9. The van der Waals surface area contributed by atoms with Crippen molar-refractivity contribution < 1.29 is 14.3 Å². The number of hydrogen-bond acceptors (Lipinski definition) is 7. The van der Waals surface area contributed by atoms with Crippen molar-refractivity contribution in [3.63, 3.8) is 0 Å². The molecular weight excluding hydrogens is 404 g/mol. The van der Waals surface area contributed by atoms with Crippen molar-refractivity contribution in [1.82, 2.24) is 19.8 Å². The summed E-state index contributed by atoms with van der Waals surface area (Å²) in [5, 5.41) is 0. The molecule has 1 aliphatic heterocycles. The van der Waals surface area contributed by atoms with E-state index in [2.05, 4.69) is 14.9 Å². The van der Waals surface area contributed by atoms with Gasteiger partial charge in [-0.15, -0.1) is 11.3 Å². The SMILES string of the molecule is CCOC(=O)N1CCN(Cc2nc3cc(-c4ccc(OC)cc4)sc3c(=O)[nH]2)CC1. The molecule has 9 heteroatoms. The first kappa shape index (κ1) is 20.4. The molecule has 0 unspecified atom stereocenters. The van der Waals surface area contributed by atoms with Crippen LogP contribution in [0.2, 0.25) is 0 Å². The van der Waals surface area contributed by atoms with E-state index in [1.165, 1.54) is 11.3 Å². The number of benzene rings is 1. The number of piperazine rings is 1. The van der Waals surface area contributed by atoms with E-state index in [9.17, 15) is 9.59 Å². The predicted octanol–water partition coefficient (Wildman–Crippen LogP) is 2.93. The highest BCUT2D eigenvalue weighted by Gasteiger charge is 2.22.